The fourth-order valence-corrected chi connectivity index (χ4v) is 2.39. The van der Waals surface area contributed by atoms with Crippen molar-refractivity contribution in [1.82, 2.24) is 0 Å². The monoisotopic (exact) mass is 250 g/mol. The first kappa shape index (κ1) is 13.2. The molecule has 1 aliphatic rings. The number of benzene rings is 1. The zero-order valence-corrected chi connectivity index (χ0v) is 10.7. The maximum atomic E-state index is 13.5. The Kier molecular flexibility index (Phi) is 4.48. The van der Waals surface area contributed by atoms with Crippen LogP contribution in [0, 0.1) is 11.7 Å². The van der Waals surface area contributed by atoms with Crippen molar-refractivity contribution in [2.24, 2.45) is 5.92 Å². The molecule has 0 bridgehead atoms. The smallest absolute Gasteiger partial charge is 0.165 e. The van der Waals surface area contributed by atoms with Crippen molar-refractivity contribution in [2.45, 2.75) is 32.6 Å². The van der Waals surface area contributed by atoms with Gasteiger partial charge in [-0.1, -0.05) is 13.0 Å². The summed E-state index contributed by atoms with van der Waals surface area (Å²) in [6.07, 6.45) is 3.36. The lowest BCUT2D eigenvalue weighted by molar-refractivity contribution is 0.0665. The molecule has 0 atom stereocenters. The van der Waals surface area contributed by atoms with Crippen LogP contribution in [0.2, 0.25) is 0 Å². The number of ketones is 1. The second-order valence-corrected chi connectivity index (χ2v) is 4.85. The summed E-state index contributed by atoms with van der Waals surface area (Å²) in [7, 11) is 0. The average Bonchev–Trinajstić information content (AvgIpc) is 2.41. The second-order valence-electron chi connectivity index (χ2n) is 4.85. The molecule has 1 fully saturated rings. The summed E-state index contributed by atoms with van der Waals surface area (Å²) in [5.41, 5.74) is 1.29. The van der Waals surface area contributed by atoms with Crippen molar-refractivity contribution in [3.05, 3.63) is 35.1 Å². The number of hydrogen-bond donors (Lipinski definition) is 0. The molecule has 2 nitrogen and oxygen atoms in total. The lowest BCUT2D eigenvalue weighted by atomic mass is 9.91. The van der Waals surface area contributed by atoms with Gasteiger partial charge in [0, 0.05) is 19.6 Å². The van der Waals surface area contributed by atoms with E-state index in [1.54, 1.807) is 19.1 Å². The molecule has 0 N–H and O–H groups in total. The number of halogens is 1. The second kappa shape index (κ2) is 6.10. The Balaban J connectivity index is 2.11. The Hall–Kier alpha value is -1.22. The average molecular weight is 250 g/mol. The zero-order chi connectivity index (χ0) is 13.0. The van der Waals surface area contributed by atoms with Crippen LogP contribution in [0.1, 0.15) is 42.1 Å². The Morgan fingerprint density at radius 3 is 2.78 bits per heavy atom. The van der Waals surface area contributed by atoms with Crippen LogP contribution in [0.4, 0.5) is 4.39 Å². The SMILES string of the molecule is CCC(=O)c1cc(CC2CCOCC2)ccc1F. The molecular weight excluding hydrogens is 231 g/mol. The number of hydrogen-bond acceptors (Lipinski definition) is 2. The Morgan fingerprint density at radius 2 is 2.11 bits per heavy atom. The fraction of sp³-hybridized carbons (Fsp3) is 0.533. The van der Waals surface area contributed by atoms with Crippen molar-refractivity contribution >= 4 is 5.78 Å². The minimum absolute atomic E-state index is 0.124. The number of carbonyl (C=O) groups is 1. The van der Waals surface area contributed by atoms with Gasteiger partial charge in [0.2, 0.25) is 0 Å². The minimum atomic E-state index is -0.405. The van der Waals surface area contributed by atoms with Crippen LogP contribution in [-0.4, -0.2) is 19.0 Å². The Labute approximate surface area is 107 Å². The van der Waals surface area contributed by atoms with Gasteiger partial charge in [0.05, 0.1) is 5.56 Å². The van der Waals surface area contributed by atoms with Crippen LogP contribution in [0.25, 0.3) is 0 Å². The van der Waals surface area contributed by atoms with E-state index in [1.165, 1.54) is 6.07 Å². The molecule has 0 aromatic heterocycles. The van der Waals surface area contributed by atoms with E-state index in [0.717, 1.165) is 38.0 Å². The molecule has 18 heavy (non-hydrogen) atoms. The van der Waals surface area contributed by atoms with Gasteiger partial charge in [0.1, 0.15) is 5.82 Å². The zero-order valence-electron chi connectivity index (χ0n) is 10.7. The molecular formula is C15H19FO2. The predicted molar refractivity (Wildman–Crippen MR) is 68.3 cm³/mol. The van der Waals surface area contributed by atoms with E-state index in [1.807, 2.05) is 0 Å². The van der Waals surface area contributed by atoms with Crippen molar-refractivity contribution in [1.29, 1.82) is 0 Å². The van der Waals surface area contributed by atoms with E-state index in [-0.39, 0.29) is 11.3 Å². The standard InChI is InChI=1S/C15H19FO2/c1-2-15(17)13-10-12(3-4-14(13)16)9-11-5-7-18-8-6-11/h3-4,10-11H,2,5-9H2,1H3. The Morgan fingerprint density at radius 1 is 1.39 bits per heavy atom. The molecule has 0 amide bonds. The summed E-state index contributed by atoms with van der Waals surface area (Å²) in [5, 5.41) is 0. The highest BCUT2D eigenvalue weighted by Gasteiger charge is 2.16. The molecule has 1 heterocycles. The van der Waals surface area contributed by atoms with E-state index >= 15 is 0 Å². The first-order valence-electron chi connectivity index (χ1n) is 6.60. The quantitative estimate of drug-likeness (QED) is 0.766. The highest BCUT2D eigenvalue weighted by molar-refractivity contribution is 5.96. The van der Waals surface area contributed by atoms with Gasteiger partial charge >= 0.3 is 0 Å². The highest BCUT2D eigenvalue weighted by Crippen LogP contribution is 2.22. The number of ether oxygens (including phenoxy) is 1. The summed E-state index contributed by atoms with van der Waals surface area (Å²) in [5.74, 6) is 0.0627. The van der Waals surface area contributed by atoms with E-state index in [4.69, 9.17) is 4.74 Å². The van der Waals surface area contributed by atoms with Crippen molar-refractivity contribution in [3.8, 4) is 0 Å². The molecule has 0 aliphatic carbocycles. The summed E-state index contributed by atoms with van der Waals surface area (Å²) < 4.78 is 18.9. The molecule has 98 valence electrons. The largest absolute Gasteiger partial charge is 0.381 e. The molecule has 3 heteroatoms. The minimum Gasteiger partial charge on any atom is -0.381 e. The molecule has 1 aromatic carbocycles. The number of carbonyl (C=O) groups excluding carboxylic acids is 1. The van der Waals surface area contributed by atoms with Gasteiger partial charge in [-0.15, -0.1) is 0 Å². The van der Waals surface area contributed by atoms with Crippen LogP contribution < -0.4 is 0 Å². The predicted octanol–water partition coefficient (Wildman–Crippen LogP) is 3.39. The third kappa shape index (κ3) is 3.16. The van der Waals surface area contributed by atoms with Crippen molar-refractivity contribution in [3.63, 3.8) is 0 Å². The molecule has 0 saturated carbocycles. The summed E-state index contributed by atoms with van der Waals surface area (Å²) in [4.78, 5) is 11.6. The van der Waals surface area contributed by atoms with Crippen LogP contribution in [-0.2, 0) is 11.2 Å². The van der Waals surface area contributed by atoms with Crippen LogP contribution in [0.5, 0.6) is 0 Å². The molecule has 1 aromatic rings. The summed E-state index contributed by atoms with van der Waals surface area (Å²) in [6, 6.07) is 4.92. The topological polar surface area (TPSA) is 26.3 Å². The van der Waals surface area contributed by atoms with Crippen LogP contribution in [0.3, 0.4) is 0 Å². The van der Waals surface area contributed by atoms with Gasteiger partial charge in [-0.3, -0.25) is 4.79 Å². The van der Waals surface area contributed by atoms with E-state index < -0.39 is 5.82 Å². The normalized spacial score (nSPS) is 16.8. The number of Topliss-reactive ketones (excluding diaryl/α,β-unsaturated/α-hetero) is 1. The van der Waals surface area contributed by atoms with Crippen molar-refractivity contribution < 1.29 is 13.9 Å². The first-order valence-corrected chi connectivity index (χ1v) is 6.60. The third-order valence-corrected chi connectivity index (χ3v) is 3.52. The van der Waals surface area contributed by atoms with Crippen molar-refractivity contribution in [2.75, 3.05) is 13.2 Å². The lowest BCUT2D eigenvalue weighted by Gasteiger charge is -2.22. The molecule has 1 saturated heterocycles. The van der Waals surface area contributed by atoms with Gasteiger partial charge in [-0.25, -0.2) is 4.39 Å². The molecule has 0 unspecified atom stereocenters. The highest BCUT2D eigenvalue weighted by atomic mass is 19.1. The van der Waals surface area contributed by atoms with Gasteiger partial charge in [0.25, 0.3) is 0 Å². The first-order chi connectivity index (χ1) is 8.70. The van der Waals surface area contributed by atoms with Crippen LogP contribution >= 0.6 is 0 Å². The third-order valence-electron chi connectivity index (χ3n) is 3.52. The van der Waals surface area contributed by atoms with E-state index in [9.17, 15) is 9.18 Å². The maximum absolute atomic E-state index is 13.5. The fourth-order valence-electron chi connectivity index (χ4n) is 2.39. The summed E-state index contributed by atoms with van der Waals surface area (Å²) in [6.45, 7) is 3.38. The molecule has 1 aliphatic heterocycles. The van der Waals surface area contributed by atoms with Gasteiger partial charge in [-0.2, -0.15) is 0 Å². The lowest BCUT2D eigenvalue weighted by Crippen LogP contribution is -2.17. The number of rotatable bonds is 4. The summed E-state index contributed by atoms with van der Waals surface area (Å²) >= 11 is 0. The maximum Gasteiger partial charge on any atom is 0.165 e. The Bertz CT molecular complexity index is 423. The molecule has 0 radical (unpaired) electrons. The van der Waals surface area contributed by atoms with E-state index in [2.05, 4.69) is 0 Å². The van der Waals surface area contributed by atoms with Gasteiger partial charge < -0.3 is 4.74 Å². The molecule has 0 spiro atoms. The van der Waals surface area contributed by atoms with Gasteiger partial charge in [0.15, 0.2) is 5.78 Å². The van der Waals surface area contributed by atoms with Gasteiger partial charge in [-0.05, 0) is 42.9 Å². The van der Waals surface area contributed by atoms with Crippen LogP contribution in [0.15, 0.2) is 18.2 Å². The molecule has 2 rings (SSSR count). The van der Waals surface area contributed by atoms with E-state index in [0.29, 0.717) is 12.3 Å².